The zero-order valence-corrected chi connectivity index (χ0v) is 12.7. The molecule has 1 fully saturated rings. The second-order valence-corrected chi connectivity index (χ2v) is 5.66. The first-order chi connectivity index (χ1) is 9.22. The number of nitrogens with one attached hydrogen (secondary N) is 1. The normalized spacial score (nSPS) is 17.8. The quantitative estimate of drug-likeness (QED) is 0.857. The summed E-state index contributed by atoms with van der Waals surface area (Å²) in [6, 6.07) is 0. The van der Waals surface area contributed by atoms with Crippen molar-refractivity contribution < 1.29 is 0 Å². The minimum absolute atomic E-state index is 0.801. The standard InChI is InChI=1S/C15H28N4/c1-4-8-19-12-13(3)17-15(19)16-11-14-6-9-18(5-2)10-7-14/h12,14H,4-11H2,1-3H3,(H,16,17). The van der Waals surface area contributed by atoms with Crippen LogP contribution in [0.3, 0.4) is 0 Å². The molecule has 1 aromatic rings. The Balaban J connectivity index is 1.82. The van der Waals surface area contributed by atoms with Gasteiger partial charge in [0.25, 0.3) is 0 Å². The van der Waals surface area contributed by atoms with Gasteiger partial charge in [-0.05, 0) is 51.7 Å². The highest BCUT2D eigenvalue weighted by molar-refractivity contribution is 5.28. The first kappa shape index (κ1) is 14.4. The van der Waals surface area contributed by atoms with Gasteiger partial charge in [-0.25, -0.2) is 4.98 Å². The van der Waals surface area contributed by atoms with Crippen molar-refractivity contribution in [1.82, 2.24) is 14.5 Å². The molecule has 4 nitrogen and oxygen atoms in total. The number of likely N-dealkylation sites (tertiary alicyclic amines) is 1. The summed E-state index contributed by atoms with van der Waals surface area (Å²) in [6.07, 6.45) is 5.92. The predicted octanol–water partition coefficient (Wildman–Crippen LogP) is 2.75. The van der Waals surface area contributed by atoms with E-state index in [0.29, 0.717) is 0 Å². The fourth-order valence-corrected chi connectivity index (χ4v) is 2.84. The van der Waals surface area contributed by atoms with Crippen LogP contribution in [0.4, 0.5) is 5.95 Å². The van der Waals surface area contributed by atoms with Crippen molar-refractivity contribution in [3.8, 4) is 0 Å². The van der Waals surface area contributed by atoms with E-state index in [1.54, 1.807) is 0 Å². The van der Waals surface area contributed by atoms with Crippen molar-refractivity contribution >= 4 is 5.95 Å². The van der Waals surface area contributed by atoms with E-state index in [0.717, 1.165) is 37.1 Å². The molecule has 0 radical (unpaired) electrons. The van der Waals surface area contributed by atoms with Crippen LogP contribution in [-0.2, 0) is 6.54 Å². The molecule has 0 amide bonds. The van der Waals surface area contributed by atoms with E-state index in [4.69, 9.17) is 0 Å². The molecule has 0 saturated carbocycles. The first-order valence-electron chi connectivity index (χ1n) is 7.73. The van der Waals surface area contributed by atoms with Crippen molar-refractivity contribution in [1.29, 1.82) is 0 Å². The Hall–Kier alpha value is -1.03. The van der Waals surface area contributed by atoms with Crippen LogP contribution in [0.25, 0.3) is 0 Å². The number of rotatable bonds is 6. The van der Waals surface area contributed by atoms with Crippen LogP contribution < -0.4 is 5.32 Å². The van der Waals surface area contributed by atoms with Gasteiger partial charge in [0.05, 0.1) is 5.69 Å². The fraction of sp³-hybridized carbons (Fsp3) is 0.800. The topological polar surface area (TPSA) is 33.1 Å². The third-order valence-corrected chi connectivity index (χ3v) is 4.06. The summed E-state index contributed by atoms with van der Waals surface area (Å²) >= 11 is 0. The molecule has 0 aliphatic carbocycles. The van der Waals surface area contributed by atoms with Gasteiger partial charge in [-0.1, -0.05) is 13.8 Å². The Bertz CT molecular complexity index is 377. The van der Waals surface area contributed by atoms with Crippen molar-refractivity contribution in [2.45, 2.75) is 46.6 Å². The largest absolute Gasteiger partial charge is 0.355 e. The minimum Gasteiger partial charge on any atom is -0.355 e. The zero-order chi connectivity index (χ0) is 13.7. The number of nitrogens with zero attached hydrogens (tertiary/aromatic N) is 3. The number of aromatic nitrogens is 2. The van der Waals surface area contributed by atoms with E-state index >= 15 is 0 Å². The second kappa shape index (κ2) is 6.94. The maximum absolute atomic E-state index is 4.59. The third-order valence-electron chi connectivity index (χ3n) is 4.06. The van der Waals surface area contributed by atoms with E-state index in [2.05, 4.69) is 46.7 Å². The van der Waals surface area contributed by atoms with Gasteiger partial charge < -0.3 is 14.8 Å². The van der Waals surface area contributed by atoms with Gasteiger partial charge in [-0.2, -0.15) is 0 Å². The minimum atomic E-state index is 0.801. The van der Waals surface area contributed by atoms with Gasteiger partial charge in [0.1, 0.15) is 0 Å². The van der Waals surface area contributed by atoms with Gasteiger partial charge in [-0.15, -0.1) is 0 Å². The van der Waals surface area contributed by atoms with E-state index in [-0.39, 0.29) is 0 Å². The lowest BCUT2D eigenvalue weighted by molar-refractivity contribution is 0.198. The monoisotopic (exact) mass is 264 g/mol. The third kappa shape index (κ3) is 3.96. The highest BCUT2D eigenvalue weighted by atomic mass is 15.2. The van der Waals surface area contributed by atoms with Gasteiger partial charge in [-0.3, -0.25) is 0 Å². The molecule has 1 aliphatic rings. The lowest BCUT2D eigenvalue weighted by Crippen LogP contribution is -2.35. The summed E-state index contributed by atoms with van der Waals surface area (Å²) in [5, 5.41) is 3.55. The van der Waals surface area contributed by atoms with Crippen LogP contribution >= 0.6 is 0 Å². The van der Waals surface area contributed by atoms with E-state index in [1.165, 1.54) is 32.5 Å². The Labute approximate surface area is 117 Å². The van der Waals surface area contributed by atoms with Crippen LogP contribution in [0.1, 0.15) is 38.8 Å². The molecule has 2 rings (SSSR count). The highest BCUT2D eigenvalue weighted by Gasteiger charge is 2.18. The summed E-state index contributed by atoms with van der Waals surface area (Å²) in [5.74, 6) is 1.85. The fourth-order valence-electron chi connectivity index (χ4n) is 2.84. The molecule has 0 bridgehead atoms. The summed E-state index contributed by atoms with van der Waals surface area (Å²) < 4.78 is 2.25. The SMILES string of the molecule is CCCn1cc(C)nc1NCC1CCN(CC)CC1. The predicted molar refractivity (Wildman–Crippen MR) is 80.6 cm³/mol. The van der Waals surface area contributed by atoms with Gasteiger partial charge >= 0.3 is 0 Å². The number of hydrogen-bond donors (Lipinski definition) is 1. The maximum Gasteiger partial charge on any atom is 0.203 e. The molecule has 108 valence electrons. The number of imidazole rings is 1. The van der Waals surface area contributed by atoms with Gasteiger partial charge in [0.15, 0.2) is 0 Å². The molecule has 0 spiro atoms. The Morgan fingerprint density at radius 1 is 1.32 bits per heavy atom. The van der Waals surface area contributed by atoms with E-state index in [9.17, 15) is 0 Å². The molecule has 1 N–H and O–H groups in total. The molecular formula is C15H28N4. The number of anilines is 1. The molecule has 1 aliphatic heterocycles. The van der Waals surface area contributed by atoms with Crippen LogP contribution in [0, 0.1) is 12.8 Å². The van der Waals surface area contributed by atoms with Crippen molar-refractivity contribution in [2.24, 2.45) is 5.92 Å². The van der Waals surface area contributed by atoms with Crippen LogP contribution in [0.5, 0.6) is 0 Å². The summed E-state index contributed by atoms with van der Waals surface area (Å²) in [5.41, 5.74) is 1.11. The number of aryl methyl sites for hydroxylation is 2. The van der Waals surface area contributed by atoms with Crippen molar-refractivity contribution in [3.63, 3.8) is 0 Å². The summed E-state index contributed by atoms with van der Waals surface area (Å²) in [7, 11) is 0. The average molecular weight is 264 g/mol. The van der Waals surface area contributed by atoms with Crippen LogP contribution in [0.2, 0.25) is 0 Å². The molecule has 4 heteroatoms. The molecule has 0 atom stereocenters. The first-order valence-corrected chi connectivity index (χ1v) is 7.73. The molecule has 1 aromatic heterocycles. The molecular weight excluding hydrogens is 236 g/mol. The Morgan fingerprint density at radius 2 is 2.05 bits per heavy atom. The van der Waals surface area contributed by atoms with Gasteiger partial charge in [0.2, 0.25) is 5.95 Å². The van der Waals surface area contributed by atoms with Crippen LogP contribution in [0.15, 0.2) is 6.20 Å². The lowest BCUT2D eigenvalue weighted by atomic mass is 9.97. The molecule has 2 heterocycles. The second-order valence-electron chi connectivity index (χ2n) is 5.66. The molecule has 19 heavy (non-hydrogen) atoms. The maximum atomic E-state index is 4.59. The van der Waals surface area contributed by atoms with Crippen LogP contribution in [-0.4, -0.2) is 40.6 Å². The average Bonchev–Trinajstić information content (AvgIpc) is 2.78. The van der Waals surface area contributed by atoms with E-state index in [1.807, 2.05) is 0 Å². The molecule has 0 unspecified atom stereocenters. The van der Waals surface area contributed by atoms with Gasteiger partial charge in [0, 0.05) is 19.3 Å². The smallest absolute Gasteiger partial charge is 0.203 e. The van der Waals surface area contributed by atoms with E-state index < -0.39 is 0 Å². The molecule has 1 saturated heterocycles. The lowest BCUT2D eigenvalue weighted by Gasteiger charge is -2.31. The molecule has 0 aromatic carbocycles. The Morgan fingerprint density at radius 3 is 2.68 bits per heavy atom. The Kier molecular flexibility index (Phi) is 5.25. The van der Waals surface area contributed by atoms with Crippen molar-refractivity contribution in [2.75, 3.05) is 31.5 Å². The summed E-state index contributed by atoms with van der Waals surface area (Å²) in [6.45, 7) is 12.4. The number of hydrogen-bond acceptors (Lipinski definition) is 3. The number of piperidine rings is 1. The highest BCUT2D eigenvalue weighted by Crippen LogP contribution is 2.18. The van der Waals surface area contributed by atoms with Crippen molar-refractivity contribution in [3.05, 3.63) is 11.9 Å². The summed E-state index contributed by atoms with van der Waals surface area (Å²) in [4.78, 5) is 7.13. The zero-order valence-electron chi connectivity index (χ0n) is 12.7.